The third kappa shape index (κ3) is 5.79. The van der Waals surface area contributed by atoms with Crippen molar-refractivity contribution in [3.63, 3.8) is 0 Å². The minimum atomic E-state index is -2.98. The number of esters is 1. The Labute approximate surface area is 144 Å². The fraction of sp³-hybridized carbons (Fsp3) is 0.467. The molecule has 0 aliphatic carbocycles. The molecule has 6 nitrogen and oxygen atoms in total. The maximum atomic E-state index is 12.8. The minimum absolute atomic E-state index is 0.00560. The van der Waals surface area contributed by atoms with E-state index in [1.807, 2.05) is 0 Å². The molecular formula is C15H18FNO5S2. The number of carbonyl (C=O) groups excluding carboxylic acids is 2. The lowest BCUT2D eigenvalue weighted by molar-refractivity contribution is -0.150. The van der Waals surface area contributed by atoms with Crippen molar-refractivity contribution in [3.8, 4) is 0 Å². The van der Waals surface area contributed by atoms with E-state index in [0.717, 1.165) is 0 Å². The van der Waals surface area contributed by atoms with E-state index in [0.29, 0.717) is 12.1 Å². The highest BCUT2D eigenvalue weighted by Gasteiger charge is 2.29. The molecule has 1 amide bonds. The molecule has 1 heterocycles. The van der Waals surface area contributed by atoms with Gasteiger partial charge in [0.2, 0.25) is 0 Å². The van der Waals surface area contributed by atoms with Gasteiger partial charge < -0.3 is 10.1 Å². The Morgan fingerprint density at radius 2 is 2.04 bits per heavy atom. The van der Waals surface area contributed by atoms with Gasteiger partial charge in [-0.3, -0.25) is 9.59 Å². The lowest BCUT2D eigenvalue weighted by Gasteiger charge is -2.14. The maximum absolute atomic E-state index is 12.8. The highest BCUT2D eigenvalue weighted by Crippen LogP contribution is 2.24. The molecule has 24 heavy (non-hydrogen) atoms. The molecule has 9 heteroatoms. The van der Waals surface area contributed by atoms with Gasteiger partial charge in [-0.2, -0.15) is 0 Å². The first-order valence-corrected chi connectivity index (χ1v) is 10.2. The van der Waals surface area contributed by atoms with Crippen LogP contribution in [0, 0.1) is 5.82 Å². The Hall–Kier alpha value is -1.61. The van der Waals surface area contributed by atoms with Crippen LogP contribution in [0.1, 0.15) is 13.3 Å². The molecule has 1 saturated heterocycles. The number of ether oxygens (including phenoxy) is 1. The van der Waals surface area contributed by atoms with Crippen LogP contribution < -0.4 is 5.32 Å². The highest BCUT2D eigenvalue weighted by molar-refractivity contribution is 8.02. The summed E-state index contributed by atoms with van der Waals surface area (Å²) >= 11 is 1.23. The van der Waals surface area contributed by atoms with Crippen molar-refractivity contribution < 1.29 is 27.1 Å². The fourth-order valence-corrected chi connectivity index (χ4v) is 5.56. The molecule has 0 unspecified atom stereocenters. The van der Waals surface area contributed by atoms with Crippen LogP contribution >= 0.6 is 11.8 Å². The van der Waals surface area contributed by atoms with Crippen molar-refractivity contribution in [2.45, 2.75) is 24.7 Å². The van der Waals surface area contributed by atoms with Gasteiger partial charge in [-0.15, -0.1) is 11.8 Å². The second-order valence-corrected chi connectivity index (χ2v) is 8.98. The standard InChI is InChI=1S/C15H18FNO5S2/c1-10(15(19)17-12-4-2-11(16)3-5-12)22-14(18)8-23-13-6-7-24(20,21)9-13/h2-5,10,13H,6-9H2,1H3,(H,17,19)/t10-,13+/m1/s1. The van der Waals surface area contributed by atoms with Gasteiger partial charge in [0.05, 0.1) is 17.3 Å². The number of anilines is 1. The summed E-state index contributed by atoms with van der Waals surface area (Å²) in [4.78, 5) is 23.7. The maximum Gasteiger partial charge on any atom is 0.316 e. The predicted molar refractivity (Wildman–Crippen MR) is 90.1 cm³/mol. The topological polar surface area (TPSA) is 89.5 Å². The van der Waals surface area contributed by atoms with Gasteiger partial charge in [0, 0.05) is 10.9 Å². The van der Waals surface area contributed by atoms with Crippen LogP contribution in [0.4, 0.5) is 10.1 Å². The zero-order valence-corrected chi connectivity index (χ0v) is 14.7. The van der Waals surface area contributed by atoms with Crippen LogP contribution in [-0.4, -0.2) is 48.9 Å². The Balaban J connectivity index is 1.74. The van der Waals surface area contributed by atoms with Crippen molar-refractivity contribution >= 4 is 39.2 Å². The predicted octanol–water partition coefficient (Wildman–Crippen LogP) is 1.62. The number of hydrogen-bond acceptors (Lipinski definition) is 6. The van der Waals surface area contributed by atoms with Gasteiger partial charge in [-0.25, -0.2) is 12.8 Å². The van der Waals surface area contributed by atoms with Crippen LogP contribution in [0.5, 0.6) is 0 Å². The molecule has 1 aromatic carbocycles. The monoisotopic (exact) mass is 375 g/mol. The lowest BCUT2D eigenvalue weighted by atomic mass is 10.3. The van der Waals surface area contributed by atoms with E-state index in [1.54, 1.807) is 0 Å². The summed E-state index contributed by atoms with van der Waals surface area (Å²) in [6.07, 6.45) is -0.476. The van der Waals surface area contributed by atoms with Crippen molar-refractivity contribution in [2.24, 2.45) is 0 Å². The lowest BCUT2D eigenvalue weighted by Crippen LogP contribution is -2.30. The zero-order valence-electron chi connectivity index (χ0n) is 13.0. The molecular weight excluding hydrogens is 357 g/mol. The van der Waals surface area contributed by atoms with Crippen molar-refractivity contribution in [1.82, 2.24) is 0 Å². The normalized spacial score (nSPS) is 20.3. The van der Waals surface area contributed by atoms with Crippen molar-refractivity contribution in [2.75, 3.05) is 22.6 Å². The van der Waals surface area contributed by atoms with E-state index in [4.69, 9.17) is 4.74 Å². The molecule has 1 aliphatic heterocycles. The summed E-state index contributed by atoms with van der Waals surface area (Å²) in [7, 11) is -2.98. The van der Waals surface area contributed by atoms with E-state index in [2.05, 4.69) is 5.32 Å². The Bertz CT molecular complexity index is 705. The molecule has 0 radical (unpaired) electrons. The number of sulfone groups is 1. The molecule has 0 saturated carbocycles. The van der Waals surface area contributed by atoms with Crippen LogP contribution in [0.2, 0.25) is 0 Å². The van der Waals surface area contributed by atoms with Crippen molar-refractivity contribution in [1.29, 1.82) is 0 Å². The number of hydrogen-bond donors (Lipinski definition) is 1. The number of thioether (sulfide) groups is 1. The first-order chi connectivity index (χ1) is 11.2. The number of carbonyl (C=O) groups is 2. The average molecular weight is 375 g/mol. The smallest absolute Gasteiger partial charge is 0.316 e. The van der Waals surface area contributed by atoms with Gasteiger partial charge in [0.25, 0.3) is 5.91 Å². The summed E-state index contributed by atoms with van der Waals surface area (Å²) in [5, 5.41) is 2.41. The van der Waals surface area contributed by atoms with E-state index < -0.39 is 33.6 Å². The third-order valence-corrected chi connectivity index (χ3v) is 6.67. The average Bonchev–Trinajstić information content (AvgIpc) is 2.86. The molecule has 2 rings (SSSR count). The molecule has 1 N–H and O–H groups in total. The summed E-state index contributed by atoms with van der Waals surface area (Å²) in [5.41, 5.74) is 0.398. The van der Waals surface area contributed by atoms with Gasteiger partial charge in [0.15, 0.2) is 15.9 Å². The third-order valence-electron chi connectivity index (χ3n) is 3.42. The number of amides is 1. The summed E-state index contributed by atoms with van der Waals surface area (Å²) in [6, 6.07) is 5.22. The quantitative estimate of drug-likeness (QED) is 0.760. The molecule has 1 aromatic rings. The molecule has 2 atom stereocenters. The summed E-state index contributed by atoms with van der Waals surface area (Å²) in [5.74, 6) is -1.30. The SMILES string of the molecule is C[C@@H](OC(=O)CS[C@H]1CCS(=O)(=O)C1)C(=O)Nc1ccc(F)cc1. The largest absolute Gasteiger partial charge is 0.452 e. The minimum Gasteiger partial charge on any atom is -0.452 e. The summed E-state index contributed by atoms with van der Waals surface area (Å²) in [6.45, 7) is 1.43. The Morgan fingerprint density at radius 1 is 1.38 bits per heavy atom. The van der Waals surface area contributed by atoms with Crippen LogP contribution in [0.3, 0.4) is 0 Å². The number of benzene rings is 1. The van der Waals surface area contributed by atoms with E-state index in [-0.39, 0.29) is 22.5 Å². The van der Waals surface area contributed by atoms with Gasteiger partial charge in [-0.1, -0.05) is 0 Å². The van der Waals surface area contributed by atoms with E-state index >= 15 is 0 Å². The highest BCUT2D eigenvalue weighted by atomic mass is 32.2. The molecule has 0 spiro atoms. The molecule has 0 aromatic heterocycles. The molecule has 0 bridgehead atoms. The van der Waals surface area contributed by atoms with Crippen LogP contribution in [0.15, 0.2) is 24.3 Å². The fourth-order valence-electron chi connectivity index (χ4n) is 2.14. The Kier molecular flexibility index (Phi) is 6.22. The van der Waals surface area contributed by atoms with Crippen LogP contribution in [0.25, 0.3) is 0 Å². The van der Waals surface area contributed by atoms with Gasteiger partial charge in [-0.05, 0) is 37.6 Å². The first-order valence-electron chi connectivity index (χ1n) is 7.33. The van der Waals surface area contributed by atoms with Gasteiger partial charge >= 0.3 is 5.97 Å². The number of halogens is 1. The number of rotatable bonds is 6. The van der Waals surface area contributed by atoms with Crippen molar-refractivity contribution in [3.05, 3.63) is 30.1 Å². The molecule has 1 aliphatic rings. The summed E-state index contributed by atoms with van der Waals surface area (Å²) < 4.78 is 40.5. The zero-order chi connectivity index (χ0) is 17.7. The molecule has 1 fully saturated rings. The molecule has 132 valence electrons. The van der Waals surface area contributed by atoms with Crippen LogP contribution in [-0.2, 0) is 24.2 Å². The van der Waals surface area contributed by atoms with Gasteiger partial charge in [0.1, 0.15) is 5.82 Å². The number of nitrogens with one attached hydrogen (secondary N) is 1. The Morgan fingerprint density at radius 3 is 2.62 bits per heavy atom. The first kappa shape index (κ1) is 18.7. The van der Waals surface area contributed by atoms with E-state index in [9.17, 15) is 22.4 Å². The van der Waals surface area contributed by atoms with E-state index in [1.165, 1.54) is 43.0 Å². The second kappa shape index (κ2) is 7.98. The second-order valence-electron chi connectivity index (χ2n) is 5.46.